The molecule has 4 aromatic rings. The zero-order valence-electron chi connectivity index (χ0n) is 12.8. The molecule has 0 saturated carbocycles. The van der Waals surface area contributed by atoms with Gasteiger partial charge in [-0.25, -0.2) is 5.43 Å². The number of aromatic nitrogens is 2. The van der Waals surface area contributed by atoms with Crippen LogP contribution in [0.15, 0.2) is 88.5 Å². The molecule has 0 unspecified atom stereocenters. The van der Waals surface area contributed by atoms with Crippen molar-refractivity contribution < 1.29 is 4.42 Å². The van der Waals surface area contributed by atoms with E-state index in [-0.39, 0.29) is 0 Å². The Balaban J connectivity index is 1.71. The summed E-state index contributed by atoms with van der Waals surface area (Å²) < 4.78 is 5.64. The van der Waals surface area contributed by atoms with Crippen LogP contribution in [0, 0.1) is 0 Å². The summed E-state index contributed by atoms with van der Waals surface area (Å²) in [5.41, 5.74) is 6.85. The Morgan fingerprint density at radius 3 is 2.46 bits per heavy atom. The number of benzene rings is 2. The molecule has 5 nitrogen and oxygen atoms in total. The third kappa shape index (κ3) is 2.87. The lowest BCUT2D eigenvalue weighted by Crippen LogP contribution is -2.08. The van der Waals surface area contributed by atoms with E-state index in [2.05, 4.69) is 20.5 Å². The van der Waals surface area contributed by atoms with Crippen LogP contribution >= 0.6 is 0 Å². The van der Waals surface area contributed by atoms with Gasteiger partial charge in [0.15, 0.2) is 5.58 Å². The van der Waals surface area contributed by atoms with Crippen molar-refractivity contribution >= 4 is 22.8 Å². The van der Waals surface area contributed by atoms with Gasteiger partial charge in [0.25, 0.3) is 0 Å². The van der Waals surface area contributed by atoms with Crippen molar-refractivity contribution in [3.8, 4) is 0 Å². The summed E-state index contributed by atoms with van der Waals surface area (Å²) in [6, 6.07) is 23.5. The highest BCUT2D eigenvalue weighted by molar-refractivity contribution is 6.11. The van der Waals surface area contributed by atoms with Crippen LogP contribution in [0.5, 0.6) is 0 Å². The Labute approximate surface area is 138 Å². The quantitative estimate of drug-likeness (QED) is 0.455. The summed E-state index contributed by atoms with van der Waals surface area (Å²) in [7, 11) is 0. The predicted octanol–water partition coefficient (Wildman–Crippen LogP) is 4.09. The topological polar surface area (TPSA) is 63.3 Å². The van der Waals surface area contributed by atoms with E-state index in [0.717, 1.165) is 22.5 Å². The number of oxazole rings is 1. The lowest BCUT2D eigenvalue weighted by atomic mass is 10.1. The SMILES string of the molecule is c1ccc(/C(=N\Nc2nc3ccccc3o2)c2ccccn2)cc1. The lowest BCUT2D eigenvalue weighted by molar-refractivity contribution is 0.617. The zero-order chi connectivity index (χ0) is 16.2. The van der Waals surface area contributed by atoms with Gasteiger partial charge in [-0.05, 0) is 24.3 Å². The fraction of sp³-hybridized carbons (Fsp3) is 0. The largest absolute Gasteiger partial charge is 0.422 e. The first-order valence-corrected chi connectivity index (χ1v) is 7.56. The number of nitrogens with zero attached hydrogens (tertiary/aromatic N) is 3. The molecule has 5 heteroatoms. The maximum atomic E-state index is 5.64. The summed E-state index contributed by atoms with van der Waals surface area (Å²) in [5, 5.41) is 4.48. The molecule has 2 heterocycles. The van der Waals surface area contributed by atoms with Crippen molar-refractivity contribution in [2.75, 3.05) is 5.43 Å². The van der Waals surface area contributed by atoms with Crippen molar-refractivity contribution in [2.45, 2.75) is 0 Å². The van der Waals surface area contributed by atoms with Crippen molar-refractivity contribution in [2.24, 2.45) is 5.10 Å². The molecule has 0 atom stereocenters. The maximum absolute atomic E-state index is 5.64. The van der Waals surface area contributed by atoms with Gasteiger partial charge >= 0.3 is 6.01 Å². The number of rotatable bonds is 4. The first kappa shape index (κ1) is 14.1. The van der Waals surface area contributed by atoms with Crippen molar-refractivity contribution in [1.82, 2.24) is 9.97 Å². The standard InChI is InChI=1S/C19H14N4O/c1-2-8-14(9-3-1)18(16-11-6-7-13-20-16)22-23-19-21-15-10-4-5-12-17(15)24-19/h1-13H,(H,21,23)/b22-18+. The Hall–Kier alpha value is -3.47. The summed E-state index contributed by atoms with van der Waals surface area (Å²) in [6.07, 6.45) is 1.74. The molecule has 0 fully saturated rings. The van der Waals surface area contributed by atoms with E-state index in [4.69, 9.17) is 4.42 Å². The van der Waals surface area contributed by atoms with E-state index in [1.54, 1.807) is 6.20 Å². The Bertz CT molecular complexity index is 903. The second-order valence-electron chi connectivity index (χ2n) is 5.14. The first-order valence-electron chi connectivity index (χ1n) is 7.56. The predicted molar refractivity (Wildman–Crippen MR) is 93.9 cm³/mol. The number of fused-ring (bicyclic) bond motifs is 1. The van der Waals surface area contributed by atoms with Crippen LogP contribution in [0.1, 0.15) is 11.3 Å². The number of hydrogen-bond acceptors (Lipinski definition) is 5. The van der Waals surface area contributed by atoms with E-state index in [1.165, 1.54) is 0 Å². The Kier molecular flexibility index (Phi) is 3.73. The fourth-order valence-corrected chi connectivity index (χ4v) is 2.39. The Morgan fingerprint density at radius 2 is 1.67 bits per heavy atom. The van der Waals surface area contributed by atoms with Gasteiger partial charge in [-0.15, -0.1) is 0 Å². The van der Waals surface area contributed by atoms with E-state index >= 15 is 0 Å². The van der Waals surface area contributed by atoms with E-state index in [1.807, 2.05) is 72.8 Å². The number of nitrogens with one attached hydrogen (secondary N) is 1. The third-order valence-electron chi connectivity index (χ3n) is 3.51. The number of para-hydroxylation sites is 2. The number of hydrazone groups is 1. The van der Waals surface area contributed by atoms with Crippen LogP contribution in [0.2, 0.25) is 0 Å². The zero-order valence-corrected chi connectivity index (χ0v) is 12.8. The molecule has 2 aromatic heterocycles. The third-order valence-corrected chi connectivity index (χ3v) is 3.51. The van der Waals surface area contributed by atoms with E-state index < -0.39 is 0 Å². The Morgan fingerprint density at radius 1 is 0.875 bits per heavy atom. The van der Waals surface area contributed by atoms with Gasteiger partial charge in [0, 0.05) is 11.8 Å². The van der Waals surface area contributed by atoms with Gasteiger partial charge in [0.05, 0.1) is 5.69 Å². The smallest absolute Gasteiger partial charge is 0.316 e. The molecule has 0 aliphatic rings. The molecule has 0 radical (unpaired) electrons. The molecule has 4 rings (SSSR count). The second kappa shape index (κ2) is 6.34. The van der Waals surface area contributed by atoms with Crippen LogP contribution < -0.4 is 5.43 Å². The number of pyridine rings is 1. The highest BCUT2D eigenvalue weighted by Crippen LogP contribution is 2.18. The molecule has 0 spiro atoms. The van der Waals surface area contributed by atoms with Crippen LogP contribution in [0.3, 0.4) is 0 Å². The van der Waals surface area contributed by atoms with Gasteiger partial charge < -0.3 is 4.42 Å². The average molecular weight is 314 g/mol. The van der Waals surface area contributed by atoms with Crippen molar-refractivity contribution in [1.29, 1.82) is 0 Å². The van der Waals surface area contributed by atoms with Gasteiger partial charge in [-0.1, -0.05) is 48.5 Å². The van der Waals surface area contributed by atoms with E-state index in [0.29, 0.717) is 11.6 Å². The highest BCUT2D eigenvalue weighted by atomic mass is 16.4. The molecule has 0 aliphatic heterocycles. The summed E-state index contributed by atoms with van der Waals surface area (Å²) in [4.78, 5) is 8.76. The molecule has 116 valence electrons. The molecule has 2 aromatic carbocycles. The average Bonchev–Trinajstić information content (AvgIpc) is 3.07. The highest BCUT2D eigenvalue weighted by Gasteiger charge is 2.09. The first-order chi connectivity index (χ1) is 11.9. The van der Waals surface area contributed by atoms with Crippen LogP contribution in [0.4, 0.5) is 6.01 Å². The minimum absolute atomic E-state index is 0.348. The molecular formula is C19H14N4O. The monoisotopic (exact) mass is 314 g/mol. The normalized spacial score (nSPS) is 11.6. The summed E-state index contributed by atoms with van der Waals surface area (Å²) in [6.45, 7) is 0. The van der Waals surface area contributed by atoms with Crippen LogP contribution in [-0.4, -0.2) is 15.7 Å². The maximum Gasteiger partial charge on any atom is 0.316 e. The molecule has 0 aliphatic carbocycles. The van der Waals surface area contributed by atoms with Gasteiger partial charge in [0.2, 0.25) is 0 Å². The number of hydrogen-bond donors (Lipinski definition) is 1. The molecule has 24 heavy (non-hydrogen) atoms. The van der Waals surface area contributed by atoms with Gasteiger partial charge in [0.1, 0.15) is 11.2 Å². The minimum atomic E-state index is 0.348. The molecule has 0 saturated heterocycles. The fourth-order valence-electron chi connectivity index (χ4n) is 2.39. The van der Waals surface area contributed by atoms with Gasteiger partial charge in [-0.3, -0.25) is 4.98 Å². The van der Waals surface area contributed by atoms with E-state index in [9.17, 15) is 0 Å². The van der Waals surface area contributed by atoms with Gasteiger partial charge in [-0.2, -0.15) is 10.1 Å². The van der Waals surface area contributed by atoms with Crippen molar-refractivity contribution in [3.05, 3.63) is 90.3 Å². The molecule has 0 amide bonds. The van der Waals surface area contributed by atoms with Crippen molar-refractivity contribution in [3.63, 3.8) is 0 Å². The number of anilines is 1. The minimum Gasteiger partial charge on any atom is -0.422 e. The van der Waals surface area contributed by atoms with Crippen LogP contribution in [0.25, 0.3) is 11.1 Å². The molecular weight excluding hydrogens is 300 g/mol. The summed E-state index contributed by atoms with van der Waals surface area (Å²) in [5.74, 6) is 0. The molecule has 0 bridgehead atoms. The second-order valence-corrected chi connectivity index (χ2v) is 5.14. The van der Waals surface area contributed by atoms with Crippen LogP contribution in [-0.2, 0) is 0 Å². The lowest BCUT2D eigenvalue weighted by Gasteiger charge is -2.05. The summed E-state index contributed by atoms with van der Waals surface area (Å²) >= 11 is 0. The molecule has 1 N–H and O–H groups in total.